The molecule has 0 heterocycles. The first-order valence-corrected chi connectivity index (χ1v) is 8.30. The first kappa shape index (κ1) is 13.4. The van der Waals surface area contributed by atoms with E-state index >= 15 is 0 Å². The largest absolute Gasteiger partial charge is 0.223 e. The van der Waals surface area contributed by atoms with Crippen molar-refractivity contribution >= 4 is 9.84 Å². The molecule has 1 aromatic carbocycles. The molecule has 3 rings (SSSR count). The molecule has 2 nitrogen and oxygen atoms in total. The van der Waals surface area contributed by atoms with E-state index in [9.17, 15) is 8.42 Å². The van der Waals surface area contributed by atoms with Crippen molar-refractivity contribution in [3.63, 3.8) is 0 Å². The third-order valence-corrected chi connectivity index (χ3v) is 7.24. The zero-order valence-electron chi connectivity index (χ0n) is 11.3. The number of fused-ring (bicyclic) bond motifs is 2. The van der Waals surface area contributed by atoms with Gasteiger partial charge in [0.2, 0.25) is 0 Å². The highest BCUT2D eigenvalue weighted by molar-refractivity contribution is 7.93. The predicted molar refractivity (Wildman–Crippen MR) is 81.0 cm³/mol. The van der Waals surface area contributed by atoms with E-state index in [4.69, 9.17) is 0 Å². The maximum Gasteiger partial charge on any atom is 0.188 e. The van der Waals surface area contributed by atoms with Gasteiger partial charge in [-0.3, -0.25) is 0 Å². The van der Waals surface area contributed by atoms with Crippen molar-refractivity contribution in [1.29, 1.82) is 0 Å². The van der Waals surface area contributed by atoms with Gasteiger partial charge in [0.25, 0.3) is 0 Å². The Kier molecular flexibility index (Phi) is 2.98. The van der Waals surface area contributed by atoms with Crippen molar-refractivity contribution < 1.29 is 8.42 Å². The molecule has 2 aliphatic carbocycles. The Balaban J connectivity index is 2.20. The van der Waals surface area contributed by atoms with E-state index in [0.29, 0.717) is 11.3 Å². The summed E-state index contributed by atoms with van der Waals surface area (Å²) < 4.78 is 25.5. The number of hydrogen-bond donors (Lipinski definition) is 0. The van der Waals surface area contributed by atoms with Gasteiger partial charge in [0.15, 0.2) is 9.84 Å². The van der Waals surface area contributed by atoms with Crippen LogP contribution in [0.1, 0.15) is 12.8 Å². The molecule has 3 heteroatoms. The normalized spacial score (nSPS) is 31.7. The zero-order valence-corrected chi connectivity index (χ0v) is 12.1. The van der Waals surface area contributed by atoms with Gasteiger partial charge in [-0.1, -0.05) is 43.0 Å². The molecule has 0 aromatic heterocycles. The van der Waals surface area contributed by atoms with Crippen LogP contribution in [0.4, 0.5) is 0 Å². The summed E-state index contributed by atoms with van der Waals surface area (Å²) in [4.78, 5) is 0.379. The van der Waals surface area contributed by atoms with Crippen LogP contribution in [0.3, 0.4) is 0 Å². The average molecular weight is 286 g/mol. The fourth-order valence-electron chi connectivity index (χ4n) is 3.64. The lowest BCUT2D eigenvalue weighted by Crippen LogP contribution is -2.43. The Morgan fingerprint density at radius 1 is 1.25 bits per heavy atom. The summed E-state index contributed by atoms with van der Waals surface area (Å²) in [6.07, 6.45) is 7.13. The quantitative estimate of drug-likeness (QED) is 0.793. The minimum atomic E-state index is -3.46. The van der Waals surface area contributed by atoms with Crippen molar-refractivity contribution in [2.45, 2.75) is 22.5 Å². The van der Waals surface area contributed by atoms with Gasteiger partial charge < -0.3 is 0 Å². The van der Waals surface area contributed by atoms with Gasteiger partial charge in [0.05, 0.1) is 4.90 Å². The number of allylic oxidation sites excluding steroid dienone is 3. The fourth-order valence-corrected chi connectivity index (χ4v) is 5.99. The molecule has 0 spiro atoms. The summed E-state index contributed by atoms with van der Waals surface area (Å²) in [5.74, 6) is 0.210. The Morgan fingerprint density at radius 2 is 1.95 bits per heavy atom. The molecule has 0 aliphatic heterocycles. The third kappa shape index (κ3) is 1.53. The van der Waals surface area contributed by atoms with Gasteiger partial charge in [-0.25, -0.2) is 8.42 Å². The molecule has 0 amide bonds. The molecule has 0 unspecified atom stereocenters. The molecule has 104 valence electrons. The maximum absolute atomic E-state index is 13.2. The Labute approximate surface area is 120 Å². The van der Waals surface area contributed by atoms with Crippen LogP contribution in [0.25, 0.3) is 0 Å². The second-order valence-electron chi connectivity index (χ2n) is 5.56. The summed E-state index contributed by atoms with van der Waals surface area (Å²) in [6, 6.07) is 8.70. The van der Waals surface area contributed by atoms with Crippen molar-refractivity contribution in [3.8, 4) is 0 Å². The zero-order chi connectivity index (χ0) is 14.4. The maximum atomic E-state index is 13.2. The average Bonchev–Trinajstić information content (AvgIpc) is 3.03. The molecule has 0 saturated heterocycles. The van der Waals surface area contributed by atoms with Crippen LogP contribution in [0.15, 0.2) is 72.2 Å². The molecular formula is C17H18O2S. The van der Waals surface area contributed by atoms with Gasteiger partial charge in [0, 0.05) is 5.92 Å². The molecule has 1 fully saturated rings. The fraction of sp³-hybridized carbons (Fsp3) is 0.294. The lowest BCUT2D eigenvalue weighted by molar-refractivity contribution is 0.495. The van der Waals surface area contributed by atoms with Crippen LogP contribution in [0.5, 0.6) is 0 Å². The summed E-state index contributed by atoms with van der Waals surface area (Å²) in [5.41, 5.74) is 0.828. The molecule has 0 N–H and O–H groups in total. The summed E-state index contributed by atoms with van der Waals surface area (Å²) in [5, 5.41) is 0. The van der Waals surface area contributed by atoms with E-state index in [1.165, 1.54) is 0 Å². The molecule has 1 aromatic rings. The SMILES string of the molecule is C=CC[C@@]1(S(=O)(=O)c2ccccc2)C(=C)[C@H]2C=C[C@H]1C2. The molecular weight excluding hydrogens is 268 g/mol. The van der Waals surface area contributed by atoms with Crippen LogP contribution in [-0.2, 0) is 9.84 Å². The summed E-state index contributed by atoms with van der Waals surface area (Å²) >= 11 is 0. The van der Waals surface area contributed by atoms with E-state index < -0.39 is 14.6 Å². The van der Waals surface area contributed by atoms with Crippen LogP contribution in [0, 0.1) is 11.8 Å². The van der Waals surface area contributed by atoms with Gasteiger partial charge in [-0.05, 0) is 36.5 Å². The van der Waals surface area contributed by atoms with Crippen LogP contribution in [0.2, 0.25) is 0 Å². The standard InChI is InChI=1S/C17H18O2S/c1-3-11-17(13(2)14-9-10-15(17)12-14)20(18,19)16-7-5-4-6-8-16/h3-10,14-15H,1-2,11-12H2/t14-,15-,17+/m0/s1. The second kappa shape index (κ2) is 4.45. The number of sulfone groups is 1. The minimum Gasteiger partial charge on any atom is -0.223 e. The van der Waals surface area contributed by atoms with Gasteiger partial charge in [-0.15, -0.1) is 6.58 Å². The Bertz CT molecular complexity index is 685. The molecule has 2 aliphatic rings. The first-order valence-electron chi connectivity index (χ1n) is 6.82. The lowest BCUT2D eigenvalue weighted by Gasteiger charge is -2.36. The van der Waals surface area contributed by atoms with Crippen molar-refractivity contribution in [3.05, 3.63) is 67.3 Å². The first-order chi connectivity index (χ1) is 9.54. The van der Waals surface area contributed by atoms with Crippen molar-refractivity contribution in [1.82, 2.24) is 0 Å². The number of hydrogen-bond acceptors (Lipinski definition) is 2. The minimum absolute atomic E-state index is 0.0169. The van der Waals surface area contributed by atoms with Crippen LogP contribution >= 0.6 is 0 Å². The Hall–Kier alpha value is -1.61. The van der Waals surface area contributed by atoms with E-state index in [0.717, 1.165) is 12.0 Å². The number of rotatable bonds is 4. The molecule has 0 radical (unpaired) electrons. The highest BCUT2D eigenvalue weighted by atomic mass is 32.2. The highest BCUT2D eigenvalue weighted by Gasteiger charge is 2.58. The van der Waals surface area contributed by atoms with Crippen LogP contribution < -0.4 is 0 Å². The predicted octanol–water partition coefficient (Wildman–Crippen LogP) is 3.54. The third-order valence-electron chi connectivity index (χ3n) is 4.65. The summed E-state index contributed by atoms with van der Waals surface area (Å²) in [7, 11) is -3.46. The Morgan fingerprint density at radius 3 is 2.50 bits per heavy atom. The molecule has 3 atom stereocenters. The van der Waals surface area contributed by atoms with E-state index in [1.807, 2.05) is 12.1 Å². The van der Waals surface area contributed by atoms with Crippen molar-refractivity contribution in [2.75, 3.05) is 0 Å². The second-order valence-corrected chi connectivity index (χ2v) is 7.76. The molecule has 1 saturated carbocycles. The monoisotopic (exact) mass is 286 g/mol. The number of benzene rings is 1. The van der Waals surface area contributed by atoms with Crippen LogP contribution in [-0.4, -0.2) is 13.2 Å². The van der Waals surface area contributed by atoms with Gasteiger partial charge in [-0.2, -0.15) is 0 Å². The van der Waals surface area contributed by atoms with E-state index in [1.54, 1.807) is 30.3 Å². The lowest BCUT2D eigenvalue weighted by atomic mass is 9.86. The van der Waals surface area contributed by atoms with Gasteiger partial charge >= 0.3 is 0 Å². The van der Waals surface area contributed by atoms with E-state index in [-0.39, 0.29) is 11.8 Å². The van der Waals surface area contributed by atoms with Gasteiger partial charge in [0.1, 0.15) is 4.75 Å². The molecule has 2 bridgehead atoms. The topological polar surface area (TPSA) is 34.1 Å². The van der Waals surface area contributed by atoms with E-state index in [2.05, 4.69) is 19.2 Å². The highest BCUT2D eigenvalue weighted by Crippen LogP contribution is 2.56. The molecule has 20 heavy (non-hydrogen) atoms. The smallest absolute Gasteiger partial charge is 0.188 e. The summed E-state index contributed by atoms with van der Waals surface area (Å²) in [6.45, 7) is 7.89. The van der Waals surface area contributed by atoms with Crippen molar-refractivity contribution in [2.24, 2.45) is 11.8 Å².